The second-order valence-electron chi connectivity index (χ2n) is 11.1. The summed E-state index contributed by atoms with van der Waals surface area (Å²) >= 11 is 1.49. The van der Waals surface area contributed by atoms with Crippen LogP contribution >= 0.6 is 11.8 Å². The van der Waals surface area contributed by atoms with Crippen LogP contribution in [0.5, 0.6) is 0 Å². The van der Waals surface area contributed by atoms with Crippen LogP contribution in [0.1, 0.15) is 68.3 Å². The average Bonchev–Trinajstić information content (AvgIpc) is 3.34. The zero-order valence-electron chi connectivity index (χ0n) is 21.8. The molecule has 4 aromatic rings. The number of nitrogens with zero attached hydrogens (tertiary/aromatic N) is 6. The maximum absolute atomic E-state index is 9.71. The van der Waals surface area contributed by atoms with Crippen molar-refractivity contribution in [3.05, 3.63) is 65.7 Å². The Labute approximate surface area is 227 Å². The molecule has 2 aliphatic carbocycles. The van der Waals surface area contributed by atoms with Crippen molar-refractivity contribution in [2.24, 2.45) is 5.41 Å². The summed E-state index contributed by atoms with van der Waals surface area (Å²) in [5, 5.41) is 32.4. The van der Waals surface area contributed by atoms with Crippen molar-refractivity contribution >= 4 is 17.3 Å². The summed E-state index contributed by atoms with van der Waals surface area (Å²) in [7, 11) is 0. The van der Waals surface area contributed by atoms with E-state index in [1.807, 2.05) is 36.7 Å². The Morgan fingerprint density at radius 1 is 1.03 bits per heavy atom. The van der Waals surface area contributed by atoms with Gasteiger partial charge in [0.2, 0.25) is 0 Å². The van der Waals surface area contributed by atoms with Gasteiger partial charge >= 0.3 is 0 Å². The van der Waals surface area contributed by atoms with Crippen molar-refractivity contribution < 1.29 is 0 Å². The van der Waals surface area contributed by atoms with Gasteiger partial charge in [0, 0.05) is 45.4 Å². The van der Waals surface area contributed by atoms with Crippen LogP contribution in [0.25, 0.3) is 16.6 Å². The van der Waals surface area contributed by atoms with Crippen molar-refractivity contribution in [2.75, 3.05) is 6.54 Å². The standard InChI is InChI=1S/C30H31N7S/c1-20-26(17-35-37(20)25-9-7-24(8-10-25)33-19-30(2)11-12-30)22-13-28(29-23(15-32)16-34-36(29)18-22)38-27-6-4-3-5-21(27)14-31/h3-6,13,16-18,24-25,33H,7-12,19H2,1-2H3/t24-,25+. The summed E-state index contributed by atoms with van der Waals surface area (Å²) in [6, 6.07) is 15.2. The summed E-state index contributed by atoms with van der Waals surface area (Å²) in [4.78, 5) is 1.75. The Morgan fingerprint density at radius 2 is 1.79 bits per heavy atom. The fraction of sp³-hybridized carbons (Fsp3) is 0.400. The molecule has 0 amide bonds. The maximum atomic E-state index is 9.71. The third-order valence-electron chi connectivity index (χ3n) is 8.24. The highest BCUT2D eigenvalue weighted by atomic mass is 32.2. The molecule has 0 atom stereocenters. The molecule has 1 N–H and O–H groups in total. The van der Waals surface area contributed by atoms with Crippen LogP contribution in [-0.2, 0) is 0 Å². The van der Waals surface area contributed by atoms with Gasteiger partial charge in [0.05, 0.1) is 35.1 Å². The molecule has 2 aliphatic rings. The zero-order chi connectivity index (χ0) is 26.3. The van der Waals surface area contributed by atoms with E-state index in [1.165, 1.54) is 37.4 Å². The Kier molecular flexibility index (Phi) is 6.47. The van der Waals surface area contributed by atoms with Crippen LogP contribution in [0.3, 0.4) is 0 Å². The maximum Gasteiger partial charge on any atom is 0.103 e. The highest BCUT2D eigenvalue weighted by molar-refractivity contribution is 7.99. The lowest BCUT2D eigenvalue weighted by Crippen LogP contribution is -2.37. The third-order valence-corrected chi connectivity index (χ3v) is 9.35. The van der Waals surface area contributed by atoms with Gasteiger partial charge in [-0.3, -0.25) is 4.68 Å². The summed E-state index contributed by atoms with van der Waals surface area (Å²) < 4.78 is 3.98. The van der Waals surface area contributed by atoms with Gasteiger partial charge in [0.15, 0.2) is 0 Å². The van der Waals surface area contributed by atoms with Crippen LogP contribution in [0.15, 0.2) is 58.7 Å². The van der Waals surface area contributed by atoms with Crippen LogP contribution in [-0.4, -0.2) is 32.0 Å². The molecule has 6 rings (SSSR count). The van der Waals surface area contributed by atoms with Gasteiger partial charge in [0.1, 0.15) is 12.1 Å². The fourth-order valence-corrected chi connectivity index (χ4v) is 6.63. The van der Waals surface area contributed by atoms with E-state index in [2.05, 4.69) is 47.1 Å². The molecule has 0 saturated heterocycles. The van der Waals surface area contributed by atoms with Crippen molar-refractivity contribution in [3.8, 4) is 23.3 Å². The second kappa shape index (κ2) is 9.94. The number of nitriles is 2. The van der Waals surface area contributed by atoms with Crippen molar-refractivity contribution in [3.63, 3.8) is 0 Å². The predicted octanol–water partition coefficient (Wildman–Crippen LogP) is 6.27. The molecule has 1 aromatic carbocycles. The van der Waals surface area contributed by atoms with Crippen LogP contribution in [0.2, 0.25) is 0 Å². The molecule has 3 aromatic heterocycles. The largest absolute Gasteiger partial charge is 0.313 e. The first-order valence-electron chi connectivity index (χ1n) is 13.3. The Morgan fingerprint density at radius 3 is 2.53 bits per heavy atom. The Bertz CT molecular complexity index is 1570. The summed E-state index contributed by atoms with van der Waals surface area (Å²) in [5.74, 6) is 0. The summed E-state index contributed by atoms with van der Waals surface area (Å²) in [6.45, 7) is 5.68. The van der Waals surface area contributed by atoms with E-state index in [9.17, 15) is 10.5 Å². The van der Waals surface area contributed by atoms with Crippen LogP contribution < -0.4 is 5.32 Å². The minimum atomic E-state index is 0.410. The second-order valence-corrected chi connectivity index (χ2v) is 12.1. The van der Waals surface area contributed by atoms with Gasteiger partial charge in [-0.05, 0) is 69.1 Å². The normalized spacial score (nSPS) is 20.2. The molecule has 2 saturated carbocycles. The van der Waals surface area contributed by atoms with E-state index in [-0.39, 0.29) is 0 Å². The van der Waals surface area contributed by atoms with Crippen molar-refractivity contribution in [1.82, 2.24) is 24.7 Å². The molecule has 192 valence electrons. The Balaban J connectivity index is 1.28. The highest BCUT2D eigenvalue weighted by Gasteiger charge is 2.37. The number of nitrogens with one attached hydrogen (secondary N) is 1. The average molecular weight is 522 g/mol. The van der Waals surface area contributed by atoms with E-state index in [1.54, 1.807) is 10.7 Å². The summed E-state index contributed by atoms with van der Waals surface area (Å²) in [5.41, 5.74) is 5.64. The first-order valence-corrected chi connectivity index (χ1v) is 14.2. The molecule has 0 spiro atoms. The number of hydrogen-bond donors (Lipinski definition) is 1. The van der Waals surface area contributed by atoms with Gasteiger partial charge in [-0.15, -0.1) is 0 Å². The van der Waals surface area contributed by atoms with E-state index in [0.29, 0.717) is 28.6 Å². The topological polar surface area (TPSA) is 94.7 Å². The molecule has 0 radical (unpaired) electrons. The molecule has 3 heterocycles. The molecule has 8 heteroatoms. The quantitative estimate of drug-likeness (QED) is 0.308. The lowest BCUT2D eigenvalue weighted by molar-refractivity contribution is 0.265. The van der Waals surface area contributed by atoms with Crippen LogP contribution in [0.4, 0.5) is 0 Å². The lowest BCUT2D eigenvalue weighted by Gasteiger charge is -2.31. The number of aromatic nitrogens is 4. The van der Waals surface area contributed by atoms with Crippen molar-refractivity contribution in [2.45, 2.75) is 74.2 Å². The van der Waals surface area contributed by atoms with E-state index in [4.69, 9.17) is 5.10 Å². The Hall–Kier alpha value is -3.59. The van der Waals surface area contributed by atoms with Gasteiger partial charge in [0.25, 0.3) is 0 Å². The number of pyridine rings is 1. The highest BCUT2D eigenvalue weighted by Crippen LogP contribution is 2.44. The molecule has 0 unspecified atom stereocenters. The van der Waals surface area contributed by atoms with Gasteiger partial charge in [-0.2, -0.15) is 20.7 Å². The van der Waals surface area contributed by atoms with E-state index < -0.39 is 0 Å². The first kappa shape index (κ1) is 24.7. The molecule has 0 bridgehead atoms. The number of hydrogen-bond acceptors (Lipinski definition) is 6. The van der Waals surface area contributed by atoms with Gasteiger partial charge in [-0.1, -0.05) is 30.8 Å². The molecule has 2 fully saturated rings. The monoisotopic (exact) mass is 521 g/mol. The minimum Gasteiger partial charge on any atom is -0.313 e. The zero-order valence-corrected chi connectivity index (χ0v) is 22.6. The number of fused-ring (bicyclic) bond motifs is 1. The number of rotatable bonds is 7. The fourth-order valence-electron chi connectivity index (χ4n) is 5.54. The van der Waals surface area contributed by atoms with E-state index in [0.717, 1.165) is 51.5 Å². The van der Waals surface area contributed by atoms with Crippen LogP contribution in [0, 0.1) is 35.0 Å². The number of benzene rings is 1. The van der Waals surface area contributed by atoms with Gasteiger partial charge in [-0.25, -0.2) is 4.52 Å². The molecule has 7 nitrogen and oxygen atoms in total. The molecular weight excluding hydrogens is 490 g/mol. The SMILES string of the molecule is Cc1c(-c2cc(Sc3ccccc3C#N)c3c(C#N)cnn3c2)cnn1[C@H]1CC[C@@H](NCC2(C)CC2)CC1. The smallest absolute Gasteiger partial charge is 0.103 e. The molecule has 38 heavy (non-hydrogen) atoms. The predicted molar refractivity (Wildman–Crippen MR) is 148 cm³/mol. The van der Waals surface area contributed by atoms with E-state index >= 15 is 0 Å². The molecule has 0 aliphatic heterocycles. The first-order chi connectivity index (χ1) is 18.5. The lowest BCUT2D eigenvalue weighted by atomic mass is 9.90. The molecular formula is C30H31N7S. The minimum absolute atomic E-state index is 0.410. The third kappa shape index (κ3) is 4.71. The van der Waals surface area contributed by atoms with Gasteiger partial charge < -0.3 is 5.32 Å². The van der Waals surface area contributed by atoms with Crippen molar-refractivity contribution in [1.29, 1.82) is 10.5 Å². The summed E-state index contributed by atoms with van der Waals surface area (Å²) in [6.07, 6.45) is 12.9.